The maximum absolute atomic E-state index is 12.2. The van der Waals surface area contributed by atoms with Crippen molar-refractivity contribution in [2.75, 3.05) is 26.0 Å². The van der Waals surface area contributed by atoms with Crippen LogP contribution in [0, 0.1) is 6.92 Å². The van der Waals surface area contributed by atoms with Crippen molar-refractivity contribution in [3.63, 3.8) is 0 Å². The number of benzene rings is 3. The number of para-hydroxylation sites is 1. The minimum absolute atomic E-state index is 0. The third-order valence-electron chi connectivity index (χ3n) is 4.86. The molecule has 0 aliphatic heterocycles. The minimum Gasteiger partial charge on any atom is -0.356 e. The molecule has 0 radical (unpaired) electrons. The minimum atomic E-state index is 0. The van der Waals surface area contributed by atoms with Crippen LogP contribution in [0.5, 0.6) is 0 Å². The van der Waals surface area contributed by atoms with E-state index in [1.165, 1.54) is 5.56 Å². The molecular weight excluding hydrogens is 511 g/mol. The zero-order valence-corrected chi connectivity index (χ0v) is 21.2. The lowest BCUT2D eigenvalue weighted by Gasteiger charge is -2.14. The van der Waals surface area contributed by atoms with Crippen molar-refractivity contribution < 1.29 is 4.79 Å². The van der Waals surface area contributed by atoms with Crippen LogP contribution in [0.1, 0.15) is 27.0 Å². The molecule has 3 aromatic carbocycles. The summed E-state index contributed by atoms with van der Waals surface area (Å²) in [5.41, 5.74) is 5.20. The molecule has 0 saturated heterocycles. The molecule has 3 aromatic rings. The number of halogens is 1. The summed E-state index contributed by atoms with van der Waals surface area (Å²) in [4.78, 5) is 18.6. The Morgan fingerprint density at radius 3 is 2.31 bits per heavy atom. The number of hydrogen-bond acceptors (Lipinski definition) is 2. The summed E-state index contributed by atoms with van der Waals surface area (Å²) in [5.74, 6) is 0.744. The summed E-state index contributed by atoms with van der Waals surface area (Å²) in [5, 5.41) is 6.78. The number of carbonyl (C=O) groups is 1. The van der Waals surface area contributed by atoms with Crippen LogP contribution in [0.15, 0.2) is 83.9 Å². The quantitative estimate of drug-likeness (QED) is 0.248. The Morgan fingerprint density at radius 1 is 0.906 bits per heavy atom. The Bertz CT molecular complexity index is 1020. The second-order valence-electron chi connectivity index (χ2n) is 7.72. The number of aliphatic imine (C=N–C) groups is 1. The van der Waals surface area contributed by atoms with E-state index in [0.29, 0.717) is 18.7 Å². The van der Waals surface area contributed by atoms with Crippen molar-refractivity contribution in [1.29, 1.82) is 0 Å². The van der Waals surface area contributed by atoms with Gasteiger partial charge in [-0.2, -0.15) is 0 Å². The largest absolute Gasteiger partial charge is 0.356 e. The van der Waals surface area contributed by atoms with E-state index in [1.807, 2.05) is 54.6 Å². The third-order valence-corrected chi connectivity index (χ3v) is 4.86. The van der Waals surface area contributed by atoms with Gasteiger partial charge in [0.2, 0.25) is 0 Å². The Balaban J connectivity index is 0.00000363. The zero-order valence-electron chi connectivity index (χ0n) is 18.8. The highest BCUT2D eigenvalue weighted by Gasteiger charge is 2.08. The molecule has 32 heavy (non-hydrogen) atoms. The van der Waals surface area contributed by atoms with Gasteiger partial charge >= 0.3 is 0 Å². The average Bonchev–Trinajstić information content (AvgIpc) is 2.78. The number of hydrogen-bond donors (Lipinski definition) is 2. The van der Waals surface area contributed by atoms with Gasteiger partial charge in [0, 0.05) is 31.9 Å². The fraction of sp³-hybridized carbons (Fsp3) is 0.231. The van der Waals surface area contributed by atoms with Crippen LogP contribution in [0.4, 0.5) is 5.69 Å². The second-order valence-corrected chi connectivity index (χ2v) is 7.72. The maximum atomic E-state index is 12.2. The molecule has 0 atom stereocenters. The lowest BCUT2D eigenvalue weighted by atomic mass is 10.1. The second kappa shape index (κ2) is 12.9. The van der Waals surface area contributed by atoms with Gasteiger partial charge in [-0.1, -0.05) is 60.2 Å². The summed E-state index contributed by atoms with van der Waals surface area (Å²) in [6.07, 6.45) is 0.786. The van der Waals surface area contributed by atoms with Gasteiger partial charge in [0.1, 0.15) is 0 Å². The summed E-state index contributed by atoms with van der Waals surface area (Å²) in [7, 11) is 3.53. The molecule has 5 nitrogen and oxygen atoms in total. The lowest BCUT2D eigenvalue weighted by Crippen LogP contribution is -2.32. The van der Waals surface area contributed by atoms with Crippen LogP contribution < -0.4 is 10.6 Å². The molecule has 0 aromatic heterocycles. The fourth-order valence-electron chi connectivity index (χ4n) is 3.10. The smallest absolute Gasteiger partial charge is 0.253 e. The van der Waals surface area contributed by atoms with Gasteiger partial charge in [0.05, 0.1) is 6.54 Å². The molecule has 168 valence electrons. The number of guanidine groups is 1. The van der Waals surface area contributed by atoms with Gasteiger partial charge in [-0.25, -0.2) is 4.99 Å². The first-order chi connectivity index (χ1) is 15.0. The van der Waals surface area contributed by atoms with E-state index in [2.05, 4.69) is 41.8 Å². The van der Waals surface area contributed by atoms with Crippen LogP contribution in [-0.4, -0.2) is 37.4 Å². The van der Waals surface area contributed by atoms with E-state index in [-0.39, 0.29) is 29.9 Å². The standard InChI is InChI=1S/C26H30N4O.HI/c1-20-12-14-22(15-13-20)19-28-26(29-24-10-5-4-6-11-24)27-17-16-21-8-7-9-23(18-21)25(31)30(2)3;/h4-15,18H,16-17,19H2,1-3H3,(H2,27,28,29);1H. The molecule has 0 bridgehead atoms. The highest BCUT2D eigenvalue weighted by atomic mass is 127. The predicted octanol–water partition coefficient (Wildman–Crippen LogP) is 5.12. The Labute approximate surface area is 208 Å². The molecule has 2 N–H and O–H groups in total. The first-order valence-corrected chi connectivity index (χ1v) is 10.5. The summed E-state index contributed by atoms with van der Waals surface area (Å²) in [6.45, 7) is 3.37. The van der Waals surface area contributed by atoms with E-state index in [4.69, 9.17) is 4.99 Å². The average molecular weight is 542 g/mol. The van der Waals surface area contributed by atoms with Gasteiger partial charge in [-0.15, -0.1) is 24.0 Å². The molecule has 0 unspecified atom stereocenters. The normalized spacial score (nSPS) is 10.8. The molecule has 6 heteroatoms. The van der Waals surface area contributed by atoms with Crippen molar-refractivity contribution >= 4 is 41.5 Å². The number of aryl methyl sites for hydroxylation is 1. The molecular formula is C26H31IN4O. The van der Waals surface area contributed by atoms with Gasteiger partial charge in [-0.3, -0.25) is 4.79 Å². The molecule has 0 fully saturated rings. The molecule has 0 saturated carbocycles. The Morgan fingerprint density at radius 2 is 1.62 bits per heavy atom. The van der Waals surface area contributed by atoms with Gasteiger partial charge in [-0.05, 0) is 48.7 Å². The molecule has 3 rings (SSSR count). The monoisotopic (exact) mass is 542 g/mol. The fourth-order valence-corrected chi connectivity index (χ4v) is 3.10. The molecule has 0 heterocycles. The van der Waals surface area contributed by atoms with Crippen molar-refractivity contribution in [3.05, 3.63) is 101 Å². The molecule has 0 aliphatic carbocycles. The van der Waals surface area contributed by atoms with Crippen LogP contribution in [-0.2, 0) is 13.0 Å². The number of nitrogens with one attached hydrogen (secondary N) is 2. The Kier molecular flexibility index (Phi) is 10.2. The topological polar surface area (TPSA) is 56.7 Å². The number of rotatable bonds is 7. The molecule has 0 aliphatic rings. The summed E-state index contributed by atoms with van der Waals surface area (Å²) < 4.78 is 0. The number of nitrogens with zero attached hydrogens (tertiary/aromatic N) is 2. The SMILES string of the molecule is Cc1ccc(CN=C(NCCc2cccc(C(=O)N(C)C)c2)Nc2ccccc2)cc1.I. The van der Waals surface area contributed by atoms with E-state index in [0.717, 1.165) is 29.2 Å². The summed E-state index contributed by atoms with van der Waals surface area (Å²) >= 11 is 0. The van der Waals surface area contributed by atoms with Crippen molar-refractivity contribution in [1.82, 2.24) is 10.2 Å². The highest BCUT2D eigenvalue weighted by molar-refractivity contribution is 14.0. The van der Waals surface area contributed by atoms with Gasteiger partial charge in [0.15, 0.2) is 5.96 Å². The van der Waals surface area contributed by atoms with Gasteiger partial charge in [0.25, 0.3) is 5.91 Å². The lowest BCUT2D eigenvalue weighted by molar-refractivity contribution is 0.0827. The first kappa shape index (κ1) is 25.4. The first-order valence-electron chi connectivity index (χ1n) is 10.5. The van der Waals surface area contributed by atoms with Crippen LogP contribution in [0.2, 0.25) is 0 Å². The van der Waals surface area contributed by atoms with Crippen LogP contribution in [0.25, 0.3) is 0 Å². The van der Waals surface area contributed by atoms with Crippen LogP contribution in [0.3, 0.4) is 0 Å². The third kappa shape index (κ3) is 8.00. The zero-order chi connectivity index (χ0) is 22.1. The van der Waals surface area contributed by atoms with Crippen molar-refractivity contribution in [2.24, 2.45) is 4.99 Å². The van der Waals surface area contributed by atoms with Crippen molar-refractivity contribution in [2.45, 2.75) is 19.9 Å². The molecule has 1 amide bonds. The number of amides is 1. The maximum Gasteiger partial charge on any atom is 0.253 e. The van der Waals surface area contributed by atoms with Gasteiger partial charge < -0.3 is 15.5 Å². The van der Waals surface area contributed by atoms with Crippen molar-refractivity contribution in [3.8, 4) is 0 Å². The van der Waals surface area contributed by atoms with E-state index in [1.54, 1.807) is 19.0 Å². The Hall–Kier alpha value is -2.87. The predicted molar refractivity (Wildman–Crippen MR) is 144 cm³/mol. The van der Waals surface area contributed by atoms with E-state index in [9.17, 15) is 4.79 Å². The summed E-state index contributed by atoms with van der Waals surface area (Å²) in [6, 6.07) is 26.2. The van der Waals surface area contributed by atoms with E-state index < -0.39 is 0 Å². The van der Waals surface area contributed by atoms with E-state index >= 15 is 0 Å². The highest BCUT2D eigenvalue weighted by Crippen LogP contribution is 2.09. The molecule has 0 spiro atoms. The number of carbonyl (C=O) groups excluding carboxylic acids is 1. The number of anilines is 1. The van der Waals surface area contributed by atoms with Crippen LogP contribution >= 0.6 is 24.0 Å².